The van der Waals surface area contributed by atoms with Crippen LogP contribution in [0.1, 0.15) is 18.9 Å². The van der Waals surface area contributed by atoms with Gasteiger partial charge in [-0.2, -0.15) is 9.28 Å². The van der Waals surface area contributed by atoms with Gasteiger partial charge in [0.05, 0.1) is 6.42 Å². The minimum absolute atomic E-state index is 0.0231. The second kappa shape index (κ2) is 4.72. The predicted molar refractivity (Wildman–Crippen MR) is 69.0 cm³/mol. The van der Waals surface area contributed by atoms with E-state index in [9.17, 15) is 24.6 Å². The summed E-state index contributed by atoms with van der Waals surface area (Å²) in [6, 6.07) is 8.76. The fourth-order valence-corrected chi connectivity index (χ4v) is 2.80. The first kappa shape index (κ1) is 14.2. The maximum Gasteiger partial charge on any atom is 0.515 e. The van der Waals surface area contributed by atoms with Gasteiger partial charge in [-0.05, 0) is 0 Å². The smallest absolute Gasteiger partial charge is 0.477 e. The van der Waals surface area contributed by atoms with Gasteiger partial charge in [0, 0.05) is 12.5 Å². The largest absolute Gasteiger partial charge is 0.515 e. The van der Waals surface area contributed by atoms with Gasteiger partial charge in [0.1, 0.15) is 13.1 Å². The Balaban J connectivity index is 2.51. The highest BCUT2D eigenvalue weighted by Crippen LogP contribution is 2.38. The van der Waals surface area contributed by atoms with E-state index < -0.39 is 22.1 Å². The van der Waals surface area contributed by atoms with Crippen molar-refractivity contribution in [2.24, 2.45) is 0 Å². The molecule has 1 aliphatic rings. The summed E-state index contributed by atoms with van der Waals surface area (Å²) in [5.41, 5.74) is -0.948. The number of aliphatic carboxylic acids is 1. The molecule has 0 radical (unpaired) electrons. The van der Waals surface area contributed by atoms with Gasteiger partial charge in [-0.3, -0.25) is 4.79 Å². The van der Waals surface area contributed by atoms with Gasteiger partial charge in [-0.1, -0.05) is 30.3 Å². The van der Waals surface area contributed by atoms with Crippen molar-refractivity contribution in [2.45, 2.75) is 25.4 Å². The molecule has 1 amide bonds. The predicted octanol–water partition coefficient (Wildman–Crippen LogP) is 1.50. The molecule has 1 fully saturated rings. The summed E-state index contributed by atoms with van der Waals surface area (Å²) in [6.07, 6.45) is -1.55. The molecular weight excluding hydrogens is 262 g/mol. The first-order chi connectivity index (χ1) is 9.32. The van der Waals surface area contributed by atoms with Crippen molar-refractivity contribution < 1.29 is 29.1 Å². The molecular formula is C14H16NO5+. The lowest BCUT2D eigenvalue weighted by Gasteiger charge is -2.38. The van der Waals surface area contributed by atoms with Crippen LogP contribution in [0.4, 0.5) is 4.79 Å². The zero-order valence-electron chi connectivity index (χ0n) is 11.1. The summed E-state index contributed by atoms with van der Waals surface area (Å²) in [7, 11) is 0. The van der Waals surface area contributed by atoms with E-state index in [1.165, 1.54) is 6.92 Å². The number of amides is 1. The molecule has 0 saturated carbocycles. The number of benzene rings is 1. The molecule has 2 atom stereocenters. The Morgan fingerprint density at radius 1 is 1.25 bits per heavy atom. The van der Waals surface area contributed by atoms with Gasteiger partial charge in [-0.25, -0.2) is 4.79 Å². The zero-order chi connectivity index (χ0) is 15.0. The van der Waals surface area contributed by atoms with Crippen LogP contribution >= 0.6 is 0 Å². The van der Waals surface area contributed by atoms with Gasteiger partial charge < -0.3 is 10.2 Å². The molecule has 2 N–H and O–H groups in total. The van der Waals surface area contributed by atoms with Crippen LogP contribution in [-0.2, 0) is 16.1 Å². The second-order valence-electron chi connectivity index (χ2n) is 5.35. The number of carbonyl (C=O) groups excluding carboxylic acids is 1. The number of hydrogen-bond donors (Lipinski definition) is 2. The number of carboxylic acids is 1. The third-order valence-corrected chi connectivity index (χ3v) is 4.05. The number of carboxylic acid groups (broad SMARTS) is 2. The molecule has 20 heavy (non-hydrogen) atoms. The molecule has 0 aliphatic carbocycles. The molecule has 1 heterocycles. The molecule has 0 spiro atoms. The van der Waals surface area contributed by atoms with Crippen LogP contribution in [0, 0.1) is 0 Å². The van der Waals surface area contributed by atoms with Crippen LogP contribution in [0.5, 0.6) is 0 Å². The van der Waals surface area contributed by atoms with Crippen molar-refractivity contribution in [3.05, 3.63) is 35.9 Å². The Hall–Kier alpha value is -2.21. The van der Waals surface area contributed by atoms with Crippen LogP contribution in [0.3, 0.4) is 0 Å². The van der Waals surface area contributed by atoms with E-state index in [1.807, 2.05) is 0 Å². The molecule has 6 heteroatoms. The van der Waals surface area contributed by atoms with Crippen molar-refractivity contribution in [3.8, 4) is 0 Å². The van der Waals surface area contributed by atoms with Gasteiger partial charge >= 0.3 is 12.1 Å². The van der Waals surface area contributed by atoms with Gasteiger partial charge in [-0.15, -0.1) is 0 Å². The molecule has 6 nitrogen and oxygen atoms in total. The van der Waals surface area contributed by atoms with Gasteiger partial charge in [0.25, 0.3) is 0 Å². The van der Waals surface area contributed by atoms with E-state index in [-0.39, 0.29) is 25.3 Å². The number of ketones is 1. The summed E-state index contributed by atoms with van der Waals surface area (Å²) in [4.78, 5) is 35.0. The highest BCUT2D eigenvalue weighted by molar-refractivity contribution is 5.93. The summed E-state index contributed by atoms with van der Waals surface area (Å²) in [5.74, 6) is -1.60. The maximum absolute atomic E-state index is 11.8. The number of quaternary nitrogens is 1. The van der Waals surface area contributed by atoms with E-state index in [4.69, 9.17) is 0 Å². The average Bonchev–Trinajstić information content (AvgIpc) is 2.64. The standard InChI is InChI=1S/C14H15NO5/c1-14(12(17)18)7-11(16)9-15(14,13(19)20)8-10-5-3-2-4-6-10/h2-6H,7-9H2,1H3,(H-,17,18,19,20)/p+1/t14-,15?/m0/s1. The van der Waals surface area contributed by atoms with E-state index >= 15 is 0 Å². The normalized spacial score (nSPS) is 29.4. The quantitative estimate of drug-likeness (QED) is 0.817. The van der Waals surface area contributed by atoms with Gasteiger partial charge in [0.2, 0.25) is 5.54 Å². The van der Waals surface area contributed by atoms with Crippen LogP contribution in [0.2, 0.25) is 0 Å². The summed E-state index contributed by atoms with van der Waals surface area (Å²) in [6.45, 7) is 1.01. The van der Waals surface area contributed by atoms with Crippen LogP contribution in [0.15, 0.2) is 30.3 Å². The van der Waals surface area contributed by atoms with Crippen LogP contribution in [0.25, 0.3) is 0 Å². The number of likely N-dealkylation sites (tertiary alicyclic amines) is 1. The third kappa shape index (κ3) is 1.98. The van der Waals surface area contributed by atoms with Crippen LogP contribution in [-0.4, -0.2) is 44.6 Å². The molecule has 0 aromatic heterocycles. The maximum atomic E-state index is 11.8. The molecule has 1 saturated heterocycles. The van der Waals surface area contributed by atoms with Crippen molar-refractivity contribution >= 4 is 17.8 Å². The van der Waals surface area contributed by atoms with Crippen LogP contribution < -0.4 is 0 Å². The lowest BCUT2D eigenvalue weighted by Crippen LogP contribution is -2.65. The zero-order valence-corrected chi connectivity index (χ0v) is 11.1. The molecule has 1 aromatic carbocycles. The molecule has 1 aliphatic heterocycles. The highest BCUT2D eigenvalue weighted by atomic mass is 16.4. The molecule has 1 aromatic rings. The lowest BCUT2D eigenvalue weighted by atomic mass is 9.95. The number of hydrogen-bond acceptors (Lipinski definition) is 3. The average molecular weight is 278 g/mol. The summed E-state index contributed by atoms with van der Waals surface area (Å²) >= 11 is 0. The SMILES string of the molecule is C[C@@]1(C(=O)O)CC(=O)C[N+]1(Cc1ccccc1)C(=O)O. The Labute approximate surface area is 115 Å². The van der Waals surface area contributed by atoms with Crippen molar-refractivity contribution in [1.82, 2.24) is 0 Å². The molecule has 106 valence electrons. The summed E-state index contributed by atoms with van der Waals surface area (Å²) in [5, 5.41) is 19.0. The lowest BCUT2D eigenvalue weighted by molar-refractivity contribution is -0.894. The molecule has 1 unspecified atom stereocenters. The number of Topliss-reactive ketones (excluding diaryl/α,β-unsaturated/α-hetero) is 1. The number of rotatable bonds is 3. The first-order valence-corrected chi connectivity index (χ1v) is 6.21. The van der Waals surface area contributed by atoms with E-state index in [2.05, 4.69) is 0 Å². The second-order valence-corrected chi connectivity index (χ2v) is 5.35. The Morgan fingerprint density at radius 3 is 2.35 bits per heavy atom. The highest BCUT2D eigenvalue weighted by Gasteiger charge is 2.65. The monoisotopic (exact) mass is 278 g/mol. The Morgan fingerprint density at radius 2 is 1.85 bits per heavy atom. The van der Waals surface area contributed by atoms with Crippen molar-refractivity contribution in [2.75, 3.05) is 6.54 Å². The van der Waals surface area contributed by atoms with Crippen molar-refractivity contribution in [1.29, 1.82) is 0 Å². The minimum atomic E-state index is -1.64. The minimum Gasteiger partial charge on any atom is -0.477 e. The molecule has 2 rings (SSSR count). The van der Waals surface area contributed by atoms with Gasteiger partial charge in [0.15, 0.2) is 5.78 Å². The fourth-order valence-electron chi connectivity index (χ4n) is 2.80. The third-order valence-electron chi connectivity index (χ3n) is 4.05. The first-order valence-electron chi connectivity index (χ1n) is 6.21. The Bertz CT molecular complexity index is 570. The topological polar surface area (TPSA) is 91.7 Å². The Kier molecular flexibility index (Phi) is 3.35. The van der Waals surface area contributed by atoms with E-state index in [1.54, 1.807) is 30.3 Å². The van der Waals surface area contributed by atoms with E-state index in [0.717, 1.165) is 0 Å². The van der Waals surface area contributed by atoms with Crippen molar-refractivity contribution in [3.63, 3.8) is 0 Å². The number of carbonyl (C=O) groups is 3. The fraction of sp³-hybridized carbons (Fsp3) is 0.357. The number of nitrogens with zero attached hydrogens (tertiary/aromatic N) is 1. The summed E-state index contributed by atoms with van der Waals surface area (Å²) < 4.78 is -0.787. The molecule has 0 bridgehead atoms. The van der Waals surface area contributed by atoms with E-state index in [0.29, 0.717) is 5.56 Å².